The quantitative estimate of drug-likeness (QED) is 0.419. The van der Waals surface area contributed by atoms with Crippen LogP contribution in [0.1, 0.15) is 72.3 Å². The summed E-state index contributed by atoms with van der Waals surface area (Å²) in [5, 5.41) is 14.6. The molecule has 7 nitrogen and oxygen atoms in total. The van der Waals surface area contributed by atoms with Crippen molar-refractivity contribution in [3.8, 4) is 5.75 Å². The van der Waals surface area contributed by atoms with Gasteiger partial charge in [-0.25, -0.2) is 4.79 Å². The van der Waals surface area contributed by atoms with Gasteiger partial charge in [0.05, 0.1) is 11.3 Å². The second kappa shape index (κ2) is 11.2. The summed E-state index contributed by atoms with van der Waals surface area (Å²) in [5.41, 5.74) is 2.58. The molecule has 0 radical (unpaired) electrons. The lowest BCUT2D eigenvalue weighted by atomic mass is 9.93. The Morgan fingerprint density at radius 1 is 1.12 bits per heavy atom. The molecule has 2 heterocycles. The van der Waals surface area contributed by atoms with E-state index >= 15 is 0 Å². The van der Waals surface area contributed by atoms with Gasteiger partial charge in [0.25, 0.3) is 5.91 Å². The topological polar surface area (TPSA) is 88.4 Å². The summed E-state index contributed by atoms with van der Waals surface area (Å²) in [6.07, 6.45) is 14.8. The van der Waals surface area contributed by atoms with Gasteiger partial charge in [-0.3, -0.25) is 4.79 Å². The molecule has 7 heteroatoms. The number of carbonyl (C=O) groups excluding carboxylic acids is 2. The molecule has 3 aliphatic rings. The van der Waals surface area contributed by atoms with Crippen LogP contribution in [-0.2, 0) is 20.8 Å². The SMILES string of the molecule is O=C1OC/C=C/CC/C=C/C(=N/OCC(=O)N2CCCCC2)Cc2cc(O)cc(C3CC3)c21. The van der Waals surface area contributed by atoms with Crippen LogP contribution in [-0.4, -0.2) is 53.9 Å². The third kappa shape index (κ3) is 6.46. The van der Waals surface area contributed by atoms with Crippen molar-refractivity contribution in [2.24, 2.45) is 5.16 Å². The average Bonchev–Trinajstić information content (AvgIpc) is 3.65. The van der Waals surface area contributed by atoms with E-state index in [1.807, 2.05) is 29.2 Å². The molecule has 1 amide bonds. The van der Waals surface area contributed by atoms with Crippen LogP contribution in [0.3, 0.4) is 0 Å². The van der Waals surface area contributed by atoms with Crippen molar-refractivity contribution in [1.29, 1.82) is 0 Å². The highest BCUT2D eigenvalue weighted by atomic mass is 16.6. The monoisotopic (exact) mass is 452 g/mol. The molecule has 4 rings (SSSR count). The normalized spacial score (nSPS) is 22.8. The Balaban J connectivity index is 1.57. The van der Waals surface area contributed by atoms with E-state index in [-0.39, 0.29) is 36.8 Å². The van der Waals surface area contributed by atoms with Crippen LogP contribution in [0, 0.1) is 0 Å². The fourth-order valence-corrected chi connectivity index (χ4v) is 4.33. The molecule has 0 spiro atoms. The summed E-state index contributed by atoms with van der Waals surface area (Å²) in [6.45, 7) is 1.65. The number of likely N-dealkylation sites (tertiary alicyclic amines) is 1. The molecule has 0 bridgehead atoms. The van der Waals surface area contributed by atoms with Crippen molar-refractivity contribution in [1.82, 2.24) is 4.90 Å². The number of ether oxygens (including phenoxy) is 1. The van der Waals surface area contributed by atoms with E-state index in [0.29, 0.717) is 23.3 Å². The number of oxime groups is 1. The first-order valence-electron chi connectivity index (χ1n) is 11.9. The lowest BCUT2D eigenvalue weighted by Crippen LogP contribution is -2.37. The van der Waals surface area contributed by atoms with Gasteiger partial charge in [-0.15, -0.1) is 0 Å². The molecular formula is C26H32N2O5. The number of rotatable bonds is 4. The maximum absolute atomic E-state index is 13.0. The zero-order chi connectivity index (χ0) is 23.0. The molecule has 2 fully saturated rings. The largest absolute Gasteiger partial charge is 0.508 e. The molecule has 0 unspecified atom stereocenters. The fraction of sp³-hybridized carbons (Fsp3) is 0.500. The van der Waals surface area contributed by atoms with E-state index in [1.165, 1.54) is 0 Å². The van der Waals surface area contributed by atoms with Crippen LogP contribution < -0.4 is 0 Å². The van der Waals surface area contributed by atoms with Crippen LogP contribution in [0.4, 0.5) is 0 Å². The Bertz CT molecular complexity index is 956. The predicted octanol–water partition coefficient (Wildman–Crippen LogP) is 4.26. The van der Waals surface area contributed by atoms with Crippen molar-refractivity contribution in [2.45, 2.75) is 57.3 Å². The minimum absolute atomic E-state index is 0.0598. The van der Waals surface area contributed by atoms with Crippen molar-refractivity contribution in [2.75, 3.05) is 26.3 Å². The molecule has 1 aromatic rings. The summed E-state index contributed by atoms with van der Waals surface area (Å²) in [4.78, 5) is 32.7. The zero-order valence-corrected chi connectivity index (χ0v) is 19.0. The van der Waals surface area contributed by atoms with Gasteiger partial charge in [-0.2, -0.15) is 0 Å². The molecular weight excluding hydrogens is 420 g/mol. The van der Waals surface area contributed by atoms with Crippen molar-refractivity contribution < 1.29 is 24.3 Å². The molecule has 0 atom stereocenters. The smallest absolute Gasteiger partial charge is 0.339 e. The first-order chi connectivity index (χ1) is 16.1. The minimum atomic E-state index is -0.389. The molecule has 1 aromatic carbocycles. The fourth-order valence-electron chi connectivity index (χ4n) is 4.33. The second-order valence-electron chi connectivity index (χ2n) is 8.87. The number of piperidine rings is 1. The summed E-state index contributed by atoms with van der Waals surface area (Å²) in [5.74, 6) is -0.0630. The van der Waals surface area contributed by atoms with Crippen molar-refractivity contribution in [3.63, 3.8) is 0 Å². The number of esters is 1. The average molecular weight is 453 g/mol. The van der Waals surface area contributed by atoms with Crippen molar-refractivity contribution in [3.05, 3.63) is 53.1 Å². The Kier molecular flexibility index (Phi) is 7.81. The van der Waals surface area contributed by atoms with E-state index < -0.39 is 0 Å². The number of amides is 1. The van der Waals surface area contributed by atoms with E-state index in [2.05, 4.69) is 5.16 Å². The lowest BCUT2D eigenvalue weighted by Gasteiger charge is -2.26. The molecule has 176 valence electrons. The van der Waals surface area contributed by atoms with Crippen LogP contribution in [0.25, 0.3) is 0 Å². The Hall–Kier alpha value is -3.09. The van der Waals surface area contributed by atoms with Crippen LogP contribution in [0.2, 0.25) is 0 Å². The summed E-state index contributed by atoms with van der Waals surface area (Å²) < 4.78 is 5.51. The number of phenolic OH excluding ortho intramolecular Hbond substituents is 1. The summed E-state index contributed by atoms with van der Waals surface area (Å²) >= 11 is 0. The number of allylic oxidation sites excluding steroid dienone is 3. The zero-order valence-electron chi connectivity index (χ0n) is 19.0. The van der Waals surface area contributed by atoms with Gasteiger partial charge in [-0.05, 0) is 80.2 Å². The summed E-state index contributed by atoms with van der Waals surface area (Å²) in [7, 11) is 0. The highest BCUT2D eigenvalue weighted by Gasteiger charge is 2.31. The maximum Gasteiger partial charge on any atom is 0.339 e. The first kappa shape index (κ1) is 23.1. The number of fused-ring (bicyclic) bond motifs is 1. The number of hydrogen-bond donors (Lipinski definition) is 1. The third-order valence-corrected chi connectivity index (χ3v) is 6.19. The number of benzene rings is 1. The van der Waals surface area contributed by atoms with E-state index in [0.717, 1.165) is 63.6 Å². The van der Waals surface area contributed by atoms with Gasteiger partial charge in [-0.1, -0.05) is 23.4 Å². The number of carbonyl (C=O) groups is 2. The Morgan fingerprint density at radius 3 is 2.70 bits per heavy atom. The maximum atomic E-state index is 13.0. The Morgan fingerprint density at radius 2 is 1.91 bits per heavy atom. The standard InChI is InChI=1S/C26H32N2O5/c29-22-16-20-15-21(27-33-18-24(30)28-12-6-4-7-13-28)9-5-2-1-3-8-14-32-26(31)25(20)23(17-22)19-10-11-19/h3,5,8-9,16-17,19,29H,1-2,4,6-7,10-15,18H2/b8-3+,9-5+,27-21-. The highest BCUT2D eigenvalue weighted by molar-refractivity contribution is 6.00. The van der Waals surface area contributed by atoms with Gasteiger partial charge in [0.2, 0.25) is 0 Å². The van der Waals surface area contributed by atoms with Crippen LogP contribution in [0.15, 0.2) is 41.6 Å². The van der Waals surface area contributed by atoms with Gasteiger partial charge >= 0.3 is 5.97 Å². The highest BCUT2D eigenvalue weighted by Crippen LogP contribution is 2.44. The molecule has 1 saturated carbocycles. The van der Waals surface area contributed by atoms with E-state index in [9.17, 15) is 14.7 Å². The summed E-state index contributed by atoms with van der Waals surface area (Å²) in [6, 6.07) is 3.27. The second-order valence-corrected chi connectivity index (χ2v) is 8.87. The molecule has 1 saturated heterocycles. The van der Waals surface area contributed by atoms with Crippen molar-refractivity contribution >= 4 is 17.6 Å². The lowest BCUT2D eigenvalue weighted by molar-refractivity contribution is -0.137. The van der Waals surface area contributed by atoms with E-state index in [1.54, 1.807) is 12.1 Å². The molecule has 1 N–H and O–H groups in total. The van der Waals surface area contributed by atoms with Crippen LogP contribution >= 0.6 is 0 Å². The Labute approximate surface area is 194 Å². The predicted molar refractivity (Wildman–Crippen MR) is 125 cm³/mol. The minimum Gasteiger partial charge on any atom is -0.508 e. The molecule has 2 aliphatic heterocycles. The van der Waals surface area contributed by atoms with Gasteiger partial charge in [0.1, 0.15) is 12.4 Å². The molecule has 1 aliphatic carbocycles. The van der Waals surface area contributed by atoms with Gasteiger partial charge in [0.15, 0.2) is 6.61 Å². The van der Waals surface area contributed by atoms with E-state index in [4.69, 9.17) is 9.57 Å². The number of nitrogens with zero attached hydrogens (tertiary/aromatic N) is 2. The number of hydrogen-bond acceptors (Lipinski definition) is 6. The number of cyclic esters (lactones) is 1. The molecule has 0 aromatic heterocycles. The first-order valence-corrected chi connectivity index (χ1v) is 11.9. The number of phenols is 1. The molecule has 33 heavy (non-hydrogen) atoms. The number of aromatic hydroxyl groups is 1. The van der Waals surface area contributed by atoms with Gasteiger partial charge < -0.3 is 19.6 Å². The van der Waals surface area contributed by atoms with Gasteiger partial charge in [0, 0.05) is 19.5 Å². The van der Waals surface area contributed by atoms with Crippen LogP contribution in [0.5, 0.6) is 5.75 Å². The third-order valence-electron chi connectivity index (χ3n) is 6.19.